The Morgan fingerprint density at radius 2 is 1.73 bits per heavy atom. The predicted molar refractivity (Wildman–Crippen MR) is 64.7 cm³/mol. The van der Waals surface area contributed by atoms with Crippen molar-refractivity contribution < 1.29 is 4.79 Å². The van der Waals surface area contributed by atoms with E-state index in [4.69, 9.17) is 0 Å². The van der Waals surface area contributed by atoms with Crippen LogP contribution in [0.15, 0.2) is 0 Å². The molecule has 1 nitrogen and oxygen atoms in total. The standard InChI is InChI=1S/C14H26O/c1-11(2)10-13-4-6-14(7-5-13)12(3)8-9-15/h9,11-14H,4-8,10H2,1-3H3. The molecule has 1 saturated carbocycles. The van der Waals surface area contributed by atoms with Crippen molar-refractivity contribution in [1.82, 2.24) is 0 Å². The first-order valence-corrected chi connectivity index (χ1v) is 6.57. The lowest BCUT2D eigenvalue weighted by Gasteiger charge is -2.32. The van der Waals surface area contributed by atoms with E-state index in [9.17, 15) is 4.79 Å². The molecule has 15 heavy (non-hydrogen) atoms. The molecule has 1 aliphatic carbocycles. The third-order valence-corrected chi connectivity index (χ3v) is 3.97. The van der Waals surface area contributed by atoms with Crippen molar-refractivity contribution in [2.45, 2.75) is 59.3 Å². The average molecular weight is 210 g/mol. The minimum atomic E-state index is 0.613. The molecule has 0 radical (unpaired) electrons. The monoisotopic (exact) mass is 210 g/mol. The fraction of sp³-hybridized carbons (Fsp3) is 0.929. The van der Waals surface area contributed by atoms with Crippen molar-refractivity contribution >= 4 is 6.29 Å². The van der Waals surface area contributed by atoms with Crippen LogP contribution >= 0.6 is 0 Å². The van der Waals surface area contributed by atoms with Crippen LogP contribution in [0.1, 0.15) is 59.3 Å². The molecule has 1 aliphatic rings. The van der Waals surface area contributed by atoms with E-state index in [0.717, 1.165) is 30.5 Å². The summed E-state index contributed by atoms with van der Waals surface area (Å²) < 4.78 is 0. The minimum Gasteiger partial charge on any atom is -0.303 e. The Morgan fingerprint density at radius 1 is 1.13 bits per heavy atom. The fourth-order valence-corrected chi connectivity index (χ4v) is 3.00. The smallest absolute Gasteiger partial charge is 0.120 e. The number of carbonyl (C=O) groups is 1. The molecule has 0 spiro atoms. The maximum absolute atomic E-state index is 10.5. The quantitative estimate of drug-likeness (QED) is 0.625. The third-order valence-electron chi connectivity index (χ3n) is 3.97. The second-order valence-electron chi connectivity index (χ2n) is 5.79. The van der Waals surface area contributed by atoms with E-state index in [1.165, 1.54) is 32.1 Å². The van der Waals surface area contributed by atoms with Crippen LogP contribution in [0, 0.1) is 23.7 Å². The topological polar surface area (TPSA) is 17.1 Å². The largest absolute Gasteiger partial charge is 0.303 e. The van der Waals surface area contributed by atoms with E-state index in [2.05, 4.69) is 20.8 Å². The summed E-state index contributed by atoms with van der Waals surface area (Å²) in [7, 11) is 0. The molecule has 88 valence electrons. The van der Waals surface area contributed by atoms with Gasteiger partial charge in [-0.1, -0.05) is 33.6 Å². The van der Waals surface area contributed by atoms with E-state index >= 15 is 0 Å². The highest BCUT2D eigenvalue weighted by atomic mass is 16.1. The van der Waals surface area contributed by atoms with Crippen molar-refractivity contribution in [1.29, 1.82) is 0 Å². The summed E-state index contributed by atoms with van der Waals surface area (Å²) in [6, 6.07) is 0. The zero-order chi connectivity index (χ0) is 11.3. The molecule has 1 fully saturated rings. The van der Waals surface area contributed by atoms with Crippen molar-refractivity contribution in [3.05, 3.63) is 0 Å². The first kappa shape index (κ1) is 12.7. The first-order chi connectivity index (χ1) is 7.13. The van der Waals surface area contributed by atoms with Gasteiger partial charge in [-0.15, -0.1) is 0 Å². The SMILES string of the molecule is CC(C)CC1CCC(C(C)CC=O)CC1. The van der Waals surface area contributed by atoms with E-state index in [0.29, 0.717) is 5.92 Å². The highest BCUT2D eigenvalue weighted by molar-refractivity contribution is 5.49. The Balaban J connectivity index is 2.25. The number of aldehydes is 1. The molecule has 0 aromatic carbocycles. The van der Waals surface area contributed by atoms with Crippen molar-refractivity contribution in [2.75, 3.05) is 0 Å². The van der Waals surface area contributed by atoms with E-state index in [-0.39, 0.29) is 0 Å². The summed E-state index contributed by atoms with van der Waals surface area (Å²) in [5.74, 6) is 3.24. The Hall–Kier alpha value is -0.330. The number of hydrogen-bond donors (Lipinski definition) is 0. The van der Waals surface area contributed by atoms with Crippen LogP contribution in [0.25, 0.3) is 0 Å². The molecule has 0 N–H and O–H groups in total. The summed E-state index contributed by atoms with van der Waals surface area (Å²) in [5.41, 5.74) is 0. The van der Waals surface area contributed by atoms with E-state index in [1.54, 1.807) is 0 Å². The van der Waals surface area contributed by atoms with Crippen LogP contribution in [0.2, 0.25) is 0 Å². The Morgan fingerprint density at radius 3 is 2.20 bits per heavy atom. The molecule has 0 aromatic rings. The third kappa shape index (κ3) is 4.36. The van der Waals surface area contributed by atoms with Crippen molar-refractivity contribution in [3.8, 4) is 0 Å². The van der Waals surface area contributed by atoms with Crippen LogP contribution in [-0.4, -0.2) is 6.29 Å². The van der Waals surface area contributed by atoms with Gasteiger partial charge in [0.25, 0.3) is 0 Å². The summed E-state index contributed by atoms with van der Waals surface area (Å²) >= 11 is 0. The van der Waals surface area contributed by atoms with Gasteiger partial charge in [0.1, 0.15) is 6.29 Å². The molecule has 0 bridgehead atoms. The molecule has 0 aliphatic heterocycles. The molecule has 1 atom stereocenters. The van der Waals surface area contributed by atoms with Gasteiger partial charge in [-0.05, 0) is 42.9 Å². The summed E-state index contributed by atoms with van der Waals surface area (Å²) in [4.78, 5) is 10.5. The van der Waals surface area contributed by atoms with Crippen LogP contribution in [0.3, 0.4) is 0 Å². The summed E-state index contributed by atoms with van der Waals surface area (Å²) in [6.07, 6.45) is 8.75. The molecule has 1 unspecified atom stereocenters. The van der Waals surface area contributed by atoms with Crippen LogP contribution in [-0.2, 0) is 4.79 Å². The molecule has 0 heterocycles. The molecule has 0 amide bonds. The van der Waals surface area contributed by atoms with Gasteiger partial charge in [0.15, 0.2) is 0 Å². The normalized spacial score (nSPS) is 29.1. The molecule has 1 heteroatoms. The van der Waals surface area contributed by atoms with E-state index in [1.807, 2.05) is 0 Å². The summed E-state index contributed by atoms with van der Waals surface area (Å²) in [6.45, 7) is 6.88. The number of carbonyl (C=O) groups excluding carboxylic acids is 1. The van der Waals surface area contributed by atoms with Crippen LogP contribution < -0.4 is 0 Å². The second-order valence-corrected chi connectivity index (χ2v) is 5.79. The molecule has 0 aromatic heterocycles. The fourth-order valence-electron chi connectivity index (χ4n) is 3.00. The Kier molecular flexibility index (Phi) is 5.35. The number of hydrogen-bond acceptors (Lipinski definition) is 1. The van der Waals surface area contributed by atoms with Crippen LogP contribution in [0.5, 0.6) is 0 Å². The van der Waals surface area contributed by atoms with E-state index < -0.39 is 0 Å². The highest BCUT2D eigenvalue weighted by Crippen LogP contribution is 2.36. The summed E-state index contributed by atoms with van der Waals surface area (Å²) in [5, 5.41) is 0. The second kappa shape index (κ2) is 6.30. The van der Waals surface area contributed by atoms with Crippen LogP contribution in [0.4, 0.5) is 0 Å². The van der Waals surface area contributed by atoms with Gasteiger partial charge in [0.05, 0.1) is 0 Å². The van der Waals surface area contributed by atoms with Gasteiger partial charge in [0.2, 0.25) is 0 Å². The van der Waals surface area contributed by atoms with Gasteiger partial charge in [-0.3, -0.25) is 0 Å². The Bertz CT molecular complexity index is 178. The lowest BCUT2D eigenvalue weighted by Crippen LogP contribution is -2.21. The molecular formula is C14H26O. The maximum Gasteiger partial charge on any atom is 0.120 e. The molecule has 1 rings (SSSR count). The number of rotatable bonds is 5. The van der Waals surface area contributed by atoms with Crippen molar-refractivity contribution in [2.24, 2.45) is 23.7 Å². The van der Waals surface area contributed by atoms with Gasteiger partial charge in [-0.2, -0.15) is 0 Å². The predicted octanol–water partition coefficient (Wildman–Crippen LogP) is 4.06. The van der Waals surface area contributed by atoms with Crippen molar-refractivity contribution in [3.63, 3.8) is 0 Å². The average Bonchev–Trinajstić information content (AvgIpc) is 2.18. The first-order valence-electron chi connectivity index (χ1n) is 6.57. The van der Waals surface area contributed by atoms with Gasteiger partial charge >= 0.3 is 0 Å². The zero-order valence-corrected chi connectivity index (χ0v) is 10.5. The lowest BCUT2D eigenvalue weighted by molar-refractivity contribution is -0.109. The minimum absolute atomic E-state index is 0.613. The van der Waals surface area contributed by atoms with Gasteiger partial charge < -0.3 is 4.79 Å². The maximum atomic E-state index is 10.5. The highest BCUT2D eigenvalue weighted by Gasteiger charge is 2.25. The van der Waals surface area contributed by atoms with Gasteiger partial charge in [-0.25, -0.2) is 0 Å². The molecular weight excluding hydrogens is 184 g/mol. The molecule has 0 saturated heterocycles. The zero-order valence-electron chi connectivity index (χ0n) is 10.5. The lowest BCUT2D eigenvalue weighted by atomic mass is 9.73. The Labute approximate surface area is 94.6 Å². The van der Waals surface area contributed by atoms with Gasteiger partial charge in [0, 0.05) is 6.42 Å².